The van der Waals surface area contributed by atoms with Gasteiger partial charge in [0, 0.05) is 24.7 Å². The van der Waals surface area contributed by atoms with Gasteiger partial charge in [0.2, 0.25) is 0 Å². The molecule has 0 bridgehead atoms. The Morgan fingerprint density at radius 3 is 2.73 bits per heavy atom. The standard InChI is InChI=1S/C8H19NOS/c1-4-8(9-2)7-11-6-5-10-3/h8-9H,4-7H2,1-3H3. The molecule has 0 heterocycles. The van der Waals surface area contributed by atoms with Crippen molar-refractivity contribution in [2.75, 3.05) is 32.3 Å². The number of ether oxygens (including phenoxy) is 1. The molecule has 2 nitrogen and oxygen atoms in total. The van der Waals surface area contributed by atoms with Crippen LogP contribution in [0.4, 0.5) is 0 Å². The smallest absolute Gasteiger partial charge is 0.0552 e. The lowest BCUT2D eigenvalue weighted by molar-refractivity contribution is 0.218. The molecule has 0 amide bonds. The Morgan fingerprint density at radius 2 is 2.27 bits per heavy atom. The lowest BCUT2D eigenvalue weighted by Crippen LogP contribution is -2.26. The lowest BCUT2D eigenvalue weighted by Gasteiger charge is -2.12. The SMILES string of the molecule is CCC(CSCCOC)NC. The number of nitrogens with one attached hydrogen (secondary N) is 1. The maximum absolute atomic E-state index is 4.95. The maximum atomic E-state index is 4.95. The largest absolute Gasteiger partial charge is 0.384 e. The molecule has 0 radical (unpaired) electrons. The summed E-state index contributed by atoms with van der Waals surface area (Å²) >= 11 is 1.95. The van der Waals surface area contributed by atoms with Gasteiger partial charge < -0.3 is 10.1 Å². The van der Waals surface area contributed by atoms with E-state index in [1.165, 1.54) is 12.2 Å². The van der Waals surface area contributed by atoms with Gasteiger partial charge in [-0.3, -0.25) is 0 Å². The zero-order valence-electron chi connectivity index (χ0n) is 7.72. The molecule has 0 saturated carbocycles. The summed E-state index contributed by atoms with van der Waals surface area (Å²) in [5, 5.41) is 3.27. The molecule has 0 aliphatic carbocycles. The monoisotopic (exact) mass is 177 g/mol. The molecular weight excluding hydrogens is 158 g/mol. The van der Waals surface area contributed by atoms with Crippen molar-refractivity contribution in [2.24, 2.45) is 0 Å². The predicted molar refractivity (Wildman–Crippen MR) is 52.3 cm³/mol. The molecule has 1 unspecified atom stereocenters. The molecule has 0 aliphatic rings. The molecule has 0 spiro atoms. The van der Waals surface area contributed by atoms with Crippen molar-refractivity contribution in [3.05, 3.63) is 0 Å². The van der Waals surface area contributed by atoms with Crippen molar-refractivity contribution in [1.29, 1.82) is 0 Å². The Hall–Kier alpha value is 0.270. The first-order chi connectivity index (χ1) is 5.35. The van der Waals surface area contributed by atoms with Gasteiger partial charge in [0.25, 0.3) is 0 Å². The maximum Gasteiger partial charge on any atom is 0.0552 e. The van der Waals surface area contributed by atoms with Crippen LogP contribution in [-0.2, 0) is 4.74 Å². The highest BCUT2D eigenvalue weighted by Crippen LogP contribution is 2.04. The van der Waals surface area contributed by atoms with Crippen LogP contribution in [0.25, 0.3) is 0 Å². The summed E-state index contributed by atoms with van der Waals surface area (Å²) in [4.78, 5) is 0. The Bertz CT molecular complexity index is 76.5. The fraction of sp³-hybridized carbons (Fsp3) is 1.00. The fourth-order valence-electron chi connectivity index (χ4n) is 0.773. The summed E-state index contributed by atoms with van der Waals surface area (Å²) in [7, 11) is 3.76. The molecule has 68 valence electrons. The lowest BCUT2D eigenvalue weighted by atomic mass is 10.3. The summed E-state index contributed by atoms with van der Waals surface area (Å²) in [5.41, 5.74) is 0. The topological polar surface area (TPSA) is 21.3 Å². The first-order valence-electron chi connectivity index (χ1n) is 4.09. The fourth-order valence-corrected chi connectivity index (χ4v) is 1.91. The summed E-state index contributed by atoms with van der Waals surface area (Å²) in [6, 6.07) is 0.664. The van der Waals surface area contributed by atoms with Crippen LogP contribution in [0.3, 0.4) is 0 Å². The van der Waals surface area contributed by atoms with E-state index in [-0.39, 0.29) is 0 Å². The molecule has 0 fully saturated rings. The normalized spacial score (nSPS) is 13.4. The summed E-state index contributed by atoms with van der Waals surface area (Å²) in [5.74, 6) is 2.30. The summed E-state index contributed by atoms with van der Waals surface area (Å²) in [6.45, 7) is 3.07. The zero-order chi connectivity index (χ0) is 8.53. The number of hydrogen-bond acceptors (Lipinski definition) is 3. The Morgan fingerprint density at radius 1 is 1.55 bits per heavy atom. The van der Waals surface area contributed by atoms with Crippen LogP contribution in [0.2, 0.25) is 0 Å². The second-order valence-corrected chi connectivity index (χ2v) is 3.61. The number of methoxy groups -OCH3 is 1. The highest BCUT2D eigenvalue weighted by Gasteiger charge is 2.01. The van der Waals surface area contributed by atoms with Crippen LogP contribution >= 0.6 is 11.8 Å². The van der Waals surface area contributed by atoms with E-state index in [1.807, 2.05) is 18.8 Å². The van der Waals surface area contributed by atoms with E-state index < -0.39 is 0 Å². The molecule has 3 heteroatoms. The van der Waals surface area contributed by atoms with Gasteiger partial charge in [-0.2, -0.15) is 11.8 Å². The average molecular weight is 177 g/mol. The van der Waals surface area contributed by atoms with Gasteiger partial charge >= 0.3 is 0 Å². The van der Waals surface area contributed by atoms with Crippen LogP contribution in [0, 0.1) is 0 Å². The Kier molecular flexibility index (Phi) is 8.57. The molecule has 0 saturated heterocycles. The summed E-state index contributed by atoms with van der Waals surface area (Å²) < 4.78 is 4.95. The van der Waals surface area contributed by atoms with Gasteiger partial charge in [-0.05, 0) is 13.5 Å². The third-order valence-electron chi connectivity index (χ3n) is 1.65. The molecule has 11 heavy (non-hydrogen) atoms. The second kappa shape index (κ2) is 8.37. The molecule has 0 aromatic rings. The van der Waals surface area contributed by atoms with Gasteiger partial charge in [0.05, 0.1) is 6.61 Å². The van der Waals surface area contributed by atoms with E-state index in [0.717, 1.165) is 12.4 Å². The molecule has 1 atom stereocenters. The van der Waals surface area contributed by atoms with E-state index in [4.69, 9.17) is 4.74 Å². The van der Waals surface area contributed by atoms with Gasteiger partial charge in [0.1, 0.15) is 0 Å². The van der Waals surface area contributed by atoms with Crippen molar-refractivity contribution in [1.82, 2.24) is 5.32 Å². The third-order valence-corrected chi connectivity index (χ3v) is 2.75. The summed E-state index contributed by atoms with van der Waals surface area (Å²) in [6.07, 6.45) is 1.20. The number of hydrogen-bond donors (Lipinski definition) is 1. The molecular formula is C8H19NOS. The highest BCUT2D eigenvalue weighted by molar-refractivity contribution is 7.99. The van der Waals surface area contributed by atoms with Gasteiger partial charge in [-0.15, -0.1) is 0 Å². The predicted octanol–water partition coefficient (Wildman–Crippen LogP) is 1.36. The van der Waals surface area contributed by atoms with Crippen molar-refractivity contribution in [2.45, 2.75) is 19.4 Å². The minimum Gasteiger partial charge on any atom is -0.384 e. The quantitative estimate of drug-likeness (QED) is 0.593. The number of thioether (sulfide) groups is 1. The van der Waals surface area contributed by atoms with Gasteiger partial charge in [-0.25, -0.2) is 0 Å². The minimum atomic E-state index is 0.664. The molecule has 0 aromatic carbocycles. The first kappa shape index (κ1) is 11.3. The van der Waals surface area contributed by atoms with Crippen LogP contribution in [-0.4, -0.2) is 38.3 Å². The van der Waals surface area contributed by atoms with Crippen LogP contribution in [0.15, 0.2) is 0 Å². The van der Waals surface area contributed by atoms with Gasteiger partial charge in [-0.1, -0.05) is 6.92 Å². The third kappa shape index (κ3) is 6.66. The van der Waals surface area contributed by atoms with Crippen molar-refractivity contribution in [3.63, 3.8) is 0 Å². The average Bonchev–Trinajstić information content (AvgIpc) is 2.05. The Balaban J connectivity index is 3.07. The molecule has 1 N–H and O–H groups in total. The van der Waals surface area contributed by atoms with Crippen LogP contribution in [0.5, 0.6) is 0 Å². The van der Waals surface area contributed by atoms with E-state index in [1.54, 1.807) is 7.11 Å². The van der Waals surface area contributed by atoms with E-state index in [2.05, 4.69) is 12.2 Å². The number of rotatable bonds is 7. The molecule has 0 aliphatic heterocycles. The zero-order valence-corrected chi connectivity index (χ0v) is 8.54. The van der Waals surface area contributed by atoms with E-state index in [9.17, 15) is 0 Å². The highest BCUT2D eigenvalue weighted by atomic mass is 32.2. The minimum absolute atomic E-state index is 0.664. The van der Waals surface area contributed by atoms with Gasteiger partial charge in [0.15, 0.2) is 0 Å². The van der Waals surface area contributed by atoms with Crippen molar-refractivity contribution in [3.8, 4) is 0 Å². The molecule has 0 rings (SSSR count). The van der Waals surface area contributed by atoms with Crippen molar-refractivity contribution < 1.29 is 4.74 Å². The Labute approximate surface area is 74.1 Å². The molecule has 0 aromatic heterocycles. The van der Waals surface area contributed by atoms with Crippen molar-refractivity contribution >= 4 is 11.8 Å². The first-order valence-corrected chi connectivity index (χ1v) is 5.24. The second-order valence-electron chi connectivity index (χ2n) is 2.46. The van der Waals surface area contributed by atoms with Crippen LogP contribution in [0.1, 0.15) is 13.3 Å². The van der Waals surface area contributed by atoms with Crippen LogP contribution < -0.4 is 5.32 Å². The van der Waals surface area contributed by atoms with E-state index in [0.29, 0.717) is 6.04 Å². The van der Waals surface area contributed by atoms with E-state index >= 15 is 0 Å².